The van der Waals surface area contributed by atoms with E-state index in [2.05, 4.69) is 9.84 Å². The van der Waals surface area contributed by atoms with Crippen molar-refractivity contribution < 1.29 is 18.7 Å². The van der Waals surface area contributed by atoms with E-state index in [1.165, 1.54) is 19.2 Å². The van der Waals surface area contributed by atoms with Crippen molar-refractivity contribution in [2.75, 3.05) is 13.7 Å². The Morgan fingerprint density at radius 2 is 2.00 bits per heavy atom. The quantitative estimate of drug-likeness (QED) is 0.607. The maximum atomic E-state index is 13.3. The third kappa shape index (κ3) is 4.12. The molecule has 0 bridgehead atoms. The molecule has 0 aliphatic carbocycles. The highest BCUT2D eigenvalue weighted by Gasteiger charge is 2.42. The summed E-state index contributed by atoms with van der Waals surface area (Å²) in [6, 6.07) is 5.16. The smallest absolute Gasteiger partial charge is 0.337 e. The standard InChI is InChI=1S/C19H21FN2O3/c1-11(2)25-19(23)17-15(10-24-5)22-12(3)18(21-4)16(17)13-6-8-14(20)9-7-13/h6-9,11,16,18H,10H2,1-3,5H3. The molecule has 0 spiro atoms. The van der Waals surface area contributed by atoms with Gasteiger partial charge in [-0.2, -0.15) is 0 Å². The van der Waals surface area contributed by atoms with Crippen LogP contribution in [0.15, 0.2) is 40.5 Å². The molecule has 5 nitrogen and oxygen atoms in total. The number of rotatable bonds is 5. The molecule has 1 aromatic carbocycles. The van der Waals surface area contributed by atoms with Gasteiger partial charge in [0.15, 0.2) is 0 Å². The number of benzene rings is 1. The number of methoxy groups -OCH3 is 1. The van der Waals surface area contributed by atoms with Crippen molar-refractivity contribution in [2.24, 2.45) is 4.99 Å². The van der Waals surface area contributed by atoms with Gasteiger partial charge in [-0.05, 0) is 38.5 Å². The van der Waals surface area contributed by atoms with Gasteiger partial charge in [0.1, 0.15) is 5.82 Å². The van der Waals surface area contributed by atoms with E-state index in [1.807, 2.05) is 0 Å². The van der Waals surface area contributed by atoms with Gasteiger partial charge >= 0.3 is 5.97 Å². The lowest BCUT2D eigenvalue weighted by atomic mass is 9.80. The van der Waals surface area contributed by atoms with E-state index in [9.17, 15) is 9.18 Å². The van der Waals surface area contributed by atoms with Crippen LogP contribution in [-0.2, 0) is 14.3 Å². The van der Waals surface area contributed by atoms with Crippen molar-refractivity contribution in [1.29, 1.82) is 0 Å². The van der Waals surface area contributed by atoms with E-state index in [0.29, 0.717) is 22.5 Å². The number of aliphatic imine (C=N–C) groups is 1. The summed E-state index contributed by atoms with van der Waals surface area (Å²) in [5.74, 6) is -1.48. The zero-order valence-electron chi connectivity index (χ0n) is 14.7. The summed E-state index contributed by atoms with van der Waals surface area (Å²) in [7, 11) is 1.51. The van der Waals surface area contributed by atoms with Gasteiger partial charge in [-0.1, -0.05) is 12.1 Å². The Hall–Kier alpha value is -2.52. The fourth-order valence-electron chi connectivity index (χ4n) is 2.87. The number of ether oxygens (including phenoxy) is 2. The molecule has 0 amide bonds. The SMILES string of the molecule is [C-]#[N+]C1C(C)=NC(COC)=C(C(=O)OC(C)C)C1c1ccc(F)cc1. The highest BCUT2D eigenvalue weighted by atomic mass is 19.1. The highest BCUT2D eigenvalue weighted by Crippen LogP contribution is 2.37. The van der Waals surface area contributed by atoms with Crippen LogP contribution in [-0.4, -0.2) is 37.5 Å². The lowest BCUT2D eigenvalue weighted by Gasteiger charge is -2.27. The zero-order chi connectivity index (χ0) is 18.6. The van der Waals surface area contributed by atoms with Gasteiger partial charge in [0.05, 0.1) is 35.6 Å². The van der Waals surface area contributed by atoms with Crippen molar-refractivity contribution in [3.63, 3.8) is 0 Å². The number of nitrogens with zero attached hydrogens (tertiary/aromatic N) is 2. The Morgan fingerprint density at radius 1 is 1.36 bits per heavy atom. The van der Waals surface area contributed by atoms with E-state index < -0.39 is 17.9 Å². The summed E-state index contributed by atoms with van der Waals surface area (Å²) >= 11 is 0. The first kappa shape index (κ1) is 18.8. The van der Waals surface area contributed by atoms with Gasteiger partial charge in [-0.25, -0.2) is 15.8 Å². The lowest BCUT2D eigenvalue weighted by molar-refractivity contribution is -0.143. The van der Waals surface area contributed by atoms with E-state index in [-0.39, 0.29) is 18.5 Å². The third-order valence-electron chi connectivity index (χ3n) is 3.89. The van der Waals surface area contributed by atoms with Crippen LogP contribution in [0.5, 0.6) is 0 Å². The van der Waals surface area contributed by atoms with Crippen LogP contribution in [0.3, 0.4) is 0 Å². The number of hydrogen-bond acceptors (Lipinski definition) is 4. The summed E-state index contributed by atoms with van der Waals surface area (Å²) in [5.41, 5.74) is 2.01. The zero-order valence-corrected chi connectivity index (χ0v) is 14.7. The summed E-state index contributed by atoms with van der Waals surface area (Å²) in [4.78, 5) is 20.8. The molecule has 2 rings (SSSR count). The molecule has 0 saturated carbocycles. The molecule has 0 N–H and O–H groups in total. The first-order chi connectivity index (χ1) is 11.9. The van der Waals surface area contributed by atoms with Gasteiger partial charge in [-0.3, -0.25) is 4.99 Å². The fraction of sp³-hybridized carbons (Fsp3) is 0.421. The lowest BCUT2D eigenvalue weighted by Crippen LogP contribution is -2.34. The Labute approximate surface area is 147 Å². The average molecular weight is 344 g/mol. The van der Waals surface area contributed by atoms with Gasteiger partial charge in [-0.15, -0.1) is 0 Å². The molecule has 25 heavy (non-hydrogen) atoms. The molecule has 6 heteroatoms. The molecule has 0 saturated heterocycles. The molecule has 0 fully saturated rings. The molecule has 2 unspecified atom stereocenters. The van der Waals surface area contributed by atoms with Crippen LogP contribution < -0.4 is 0 Å². The summed E-state index contributed by atoms with van der Waals surface area (Å²) in [6.45, 7) is 12.9. The molecular weight excluding hydrogens is 323 g/mol. The Balaban J connectivity index is 2.63. The number of esters is 1. The Morgan fingerprint density at radius 3 is 2.52 bits per heavy atom. The topological polar surface area (TPSA) is 52.2 Å². The maximum absolute atomic E-state index is 13.3. The van der Waals surface area contributed by atoms with E-state index >= 15 is 0 Å². The van der Waals surface area contributed by atoms with Crippen LogP contribution in [0.4, 0.5) is 4.39 Å². The van der Waals surface area contributed by atoms with Crippen LogP contribution in [0.1, 0.15) is 32.3 Å². The van der Waals surface area contributed by atoms with Crippen LogP contribution in [0, 0.1) is 12.4 Å². The monoisotopic (exact) mass is 344 g/mol. The minimum absolute atomic E-state index is 0.127. The summed E-state index contributed by atoms with van der Waals surface area (Å²) < 4.78 is 23.9. The molecule has 1 aromatic rings. The normalized spacial score (nSPS) is 20.3. The van der Waals surface area contributed by atoms with Crippen molar-refractivity contribution in [3.05, 3.63) is 58.3 Å². The molecule has 1 aliphatic rings. The van der Waals surface area contributed by atoms with Crippen molar-refractivity contribution in [2.45, 2.75) is 38.8 Å². The first-order valence-electron chi connectivity index (χ1n) is 7.99. The van der Waals surface area contributed by atoms with Crippen LogP contribution in [0.2, 0.25) is 0 Å². The number of carbonyl (C=O) groups excluding carboxylic acids is 1. The minimum Gasteiger partial charge on any atom is -0.460 e. The van der Waals surface area contributed by atoms with Crippen LogP contribution >= 0.6 is 0 Å². The van der Waals surface area contributed by atoms with E-state index in [0.717, 1.165) is 0 Å². The average Bonchev–Trinajstić information content (AvgIpc) is 2.54. The molecule has 0 radical (unpaired) electrons. The largest absolute Gasteiger partial charge is 0.460 e. The minimum atomic E-state index is -0.652. The van der Waals surface area contributed by atoms with Gasteiger partial charge in [0, 0.05) is 7.11 Å². The molecule has 2 atom stereocenters. The number of carbonyl (C=O) groups is 1. The Bertz CT molecular complexity index is 745. The summed E-state index contributed by atoms with van der Waals surface area (Å²) in [6.07, 6.45) is -0.309. The van der Waals surface area contributed by atoms with Crippen molar-refractivity contribution in [3.8, 4) is 0 Å². The fourth-order valence-corrected chi connectivity index (χ4v) is 2.87. The second-order valence-electron chi connectivity index (χ2n) is 6.10. The predicted molar refractivity (Wildman–Crippen MR) is 92.8 cm³/mol. The van der Waals surface area contributed by atoms with Gasteiger partial charge in [0.25, 0.3) is 6.04 Å². The van der Waals surface area contributed by atoms with Gasteiger partial charge < -0.3 is 14.3 Å². The summed E-state index contributed by atoms with van der Waals surface area (Å²) in [5, 5.41) is 0. The molecule has 1 aliphatic heterocycles. The molecule has 132 valence electrons. The maximum Gasteiger partial charge on any atom is 0.337 e. The first-order valence-corrected chi connectivity index (χ1v) is 7.99. The number of halogens is 1. The molecule has 0 aromatic heterocycles. The second kappa shape index (κ2) is 8.04. The van der Waals surface area contributed by atoms with Crippen molar-refractivity contribution >= 4 is 11.7 Å². The van der Waals surface area contributed by atoms with E-state index in [4.69, 9.17) is 16.0 Å². The Kier molecular flexibility index (Phi) is 6.05. The van der Waals surface area contributed by atoms with Gasteiger partial charge in [0.2, 0.25) is 0 Å². The molecular formula is C19H21FN2O3. The van der Waals surface area contributed by atoms with Crippen molar-refractivity contribution in [1.82, 2.24) is 0 Å². The predicted octanol–water partition coefficient (Wildman–Crippen LogP) is 3.52. The third-order valence-corrected chi connectivity index (χ3v) is 3.89. The van der Waals surface area contributed by atoms with E-state index in [1.54, 1.807) is 32.9 Å². The number of hydrogen-bond donors (Lipinski definition) is 0. The molecule has 1 heterocycles. The second-order valence-corrected chi connectivity index (χ2v) is 6.10. The highest BCUT2D eigenvalue weighted by molar-refractivity contribution is 6.00. The van der Waals surface area contributed by atoms with Crippen LogP contribution in [0.25, 0.3) is 4.85 Å².